The summed E-state index contributed by atoms with van der Waals surface area (Å²) < 4.78 is 16.0. The highest BCUT2D eigenvalue weighted by atomic mass is 16.7. The number of benzene rings is 2. The number of phenolic OH excluding ortho intramolecular Hbond substituents is 4. The van der Waals surface area contributed by atoms with E-state index in [1.54, 1.807) is 0 Å². The van der Waals surface area contributed by atoms with E-state index in [9.17, 15) is 50.8 Å². The smallest absolute Gasteiger partial charge is 0.238 e. The Morgan fingerprint density at radius 1 is 0.853 bits per heavy atom. The molecule has 0 saturated carbocycles. The fraction of sp³-hybridized carbons (Fsp3) is 0.286. The quantitative estimate of drug-likeness (QED) is 0.208. The van der Waals surface area contributed by atoms with Gasteiger partial charge in [0.1, 0.15) is 46.9 Å². The molecule has 2 aromatic carbocycles. The molecule has 182 valence electrons. The summed E-state index contributed by atoms with van der Waals surface area (Å²) in [6, 6.07) is 3.77. The van der Waals surface area contributed by atoms with Gasteiger partial charge in [-0.15, -0.1) is 0 Å². The molecule has 13 heteroatoms. The van der Waals surface area contributed by atoms with Crippen LogP contribution in [0.3, 0.4) is 0 Å². The van der Waals surface area contributed by atoms with Crippen molar-refractivity contribution in [2.24, 2.45) is 0 Å². The van der Waals surface area contributed by atoms with Crippen molar-refractivity contribution in [3.63, 3.8) is 0 Å². The van der Waals surface area contributed by atoms with E-state index in [-0.39, 0.29) is 11.1 Å². The first kappa shape index (κ1) is 23.4. The maximum atomic E-state index is 12.6. The molecule has 3 aromatic rings. The summed E-state index contributed by atoms with van der Waals surface area (Å²) in [5.74, 6) is -4.80. The van der Waals surface area contributed by atoms with Crippen LogP contribution in [0.1, 0.15) is 0 Å². The molecule has 1 aliphatic heterocycles. The predicted octanol–water partition coefficient (Wildman–Crippen LogP) is -0.833. The Labute approximate surface area is 189 Å². The number of fused-ring (bicyclic) bond motifs is 1. The van der Waals surface area contributed by atoms with Gasteiger partial charge in [-0.05, 0) is 12.1 Å². The number of aliphatic hydroxyl groups excluding tert-OH is 4. The van der Waals surface area contributed by atoms with Gasteiger partial charge in [0.25, 0.3) is 0 Å². The Morgan fingerprint density at radius 2 is 1.56 bits per heavy atom. The molecule has 0 amide bonds. The summed E-state index contributed by atoms with van der Waals surface area (Å²) in [5.41, 5.74) is -1.58. The number of aliphatic hydroxyl groups is 4. The van der Waals surface area contributed by atoms with Crippen molar-refractivity contribution in [3.8, 4) is 45.8 Å². The summed E-state index contributed by atoms with van der Waals surface area (Å²) >= 11 is 0. The molecule has 1 aliphatic rings. The first-order chi connectivity index (χ1) is 16.0. The van der Waals surface area contributed by atoms with Gasteiger partial charge in [0.2, 0.25) is 23.2 Å². The Kier molecular flexibility index (Phi) is 5.89. The molecular formula is C21H20O13. The van der Waals surface area contributed by atoms with Crippen molar-refractivity contribution >= 4 is 11.0 Å². The first-order valence-electron chi connectivity index (χ1n) is 9.78. The Balaban J connectivity index is 1.79. The minimum Gasteiger partial charge on any atom is -0.508 e. The average molecular weight is 480 g/mol. The largest absolute Gasteiger partial charge is 0.508 e. The molecule has 0 aliphatic carbocycles. The number of phenols is 4. The lowest BCUT2D eigenvalue weighted by molar-refractivity contribution is -0.277. The van der Waals surface area contributed by atoms with Gasteiger partial charge in [-0.3, -0.25) is 4.79 Å². The first-order valence-corrected chi connectivity index (χ1v) is 9.78. The topological polar surface area (TPSA) is 231 Å². The monoisotopic (exact) mass is 480 g/mol. The second-order valence-corrected chi connectivity index (χ2v) is 7.60. The lowest BCUT2D eigenvalue weighted by Crippen LogP contribution is -2.60. The molecule has 0 spiro atoms. The third-order valence-corrected chi connectivity index (χ3v) is 5.34. The van der Waals surface area contributed by atoms with E-state index in [1.807, 2.05) is 0 Å². The Bertz CT molecular complexity index is 1300. The molecule has 1 unspecified atom stereocenters. The van der Waals surface area contributed by atoms with Crippen LogP contribution in [-0.2, 0) is 4.74 Å². The molecule has 1 fully saturated rings. The highest BCUT2D eigenvalue weighted by Crippen LogP contribution is 2.43. The minimum atomic E-state index is -1.83. The molecule has 0 bridgehead atoms. The van der Waals surface area contributed by atoms with E-state index < -0.39 is 88.4 Å². The fourth-order valence-electron chi connectivity index (χ4n) is 3.57. The van der Waals surface area contributed by atoms with Gasteiger partial charge in [0.05, 0.1) is 6.61 Å². The van der Waals surface area contributed by atoms with Crippen LogP contribution in [0.5, 0.6) is 34.5 Å². The van der Waals surface area contributed by atoms with Crippen LogP contribution < -0.4 is 10.2 Å². The van der Waals surface area contributed by atoms with Gasteiger partial charge in [0.15, 0.2) is 17.3 Å². The number of ether oxygens (including phenoxy) is 2. The van der Waals surface area contributed by atoms with Crippen LogP contribution in [0.25, 0.3) is 22.3 Å². The maximum absolute atomic E-state index is 12.6. The van der Waals surface area contributed by atoms with E-state index in [0.29, 0.717) is 0 Å². The third kappa shape index (κ3) is 3.81. The van der Waals surface area contributed by atoms with Crippen molar-refractivity contribution < 1.29 is 59.8 Å². The molecule has 34 heavy (non-hydrogen) atoms. The standard InChI is InChI=1S/C21H20O13/c22-5-12-15(27)17(29)19(31)21(34-12)33-11-2-6(1-9(25)14(11)26)20-18(30)16(28)13-8(24)3-7(23)4-10(13)32-20/h1-4,12,15,17,19,21-27,29-31H,5H2/t12-,15-,17+,19-,21?/m1/s1. The summed E-state index contributed by atoms with van der Waals surface area (Å²) in [6.07, 6.45) is -8.31. The van der Waals surface area contributed by atoms with Crippen LogP contribution in [-0.4, -0.2) is 83.3 Å². The number of hydrogen-bond acceptors (Lipinski definition) is 13. The van der Waals surface area contributed by atoms with Crippen molar-refractivity contribution in [3.05, 3.63) is 34.5 Å². The maximum Gasteiger partial charge on any atom is 0.238 e. The van der Waals surface area contributed by atoms with E-state index in [4.69, 9.17) is 13.9 Å². The number of hydrogen-bond donors (Lipinski definition) is 9. The predicted molar refractivity (Wildman–Crippen MR) is 111 cm³/mol. The van der Waals surface area contributed by atoms with Gasteiger partial charge in [-0.25, -0.2) is 0 Å². The summed E-state index contributed by atoms with van der Waals surface area (Å²) in [4.78, 5) is 12.6. The van der Waals surface area contributed by atoms with Gasteiger partial charge >= 0.3 is 0 Å². The van der Waals surface area contributed by atoms with Crippen LogP contribution in [0.4, 0.5) is 0 Å². The fourth-order valence-corrected chi connectivity index (χ4v) is 3.57. The molecule has 13 nitrogen and oxygen atoms in total. The van der Waals surface area contributed by atoms with Gasteiger partial charge < -0.3 is 59.8 Å². The molecule has 0 radical (unpaired) electrons. The molecule has 4 rings (SSSR count). The molecule has 1 saturated heterocycles. The number of aromatic hydroxyl groups is 5. The molecule has 2 heterocycles. The second kappa shape index (κ2) is 8.55. The zero-order valence-corrected chi connectivity index (χ0v) is 17.1. The van der Waals surface area contributed by atoms with E-state index >= 15 is 0 Å². The SMILES string of the molecule is O=c1c(O)c(-c2cc(O)c(O)c(OC3O[C@H](CO)[C@@H](O)[C@H](O)[C@H]3O)c2)oc2cc(O)cc(O)c12. The lowest BCUT2D eigenvalue weighted by Gasteiger charge is -2.39. The van der Waals surface area contributed by atoms with Crippen LogP contribution in [0, 0.1) is 0 Å². The normalized spacial score (nSPS) is 24.9. The molecule has 1 aromatic heterocycles. The average Bonchev–Trinajstić information content (AvgIpc) is 2.78. The summed E-state index contributed by atoms with van der Waals surface area (Å²) in [7, 11) is 0. The van der Waals surface area contributed by atoms with Gasteiger partial charge in [-0.2, -0.15) is 0 Å². The van der Waals surface area contributed by atoms with Gasteiger partial charge in [0, 0.05) is 17.7 Å². The van der Waals surface area contributed by atoms with Crippen molar-refractivity contribution in [1.29, 1.82) is 0 Å². The third-order valence-electron chi connectivity index (χ3n) is 5.34. The van der Waals surface area contributed by atoms with E-state index in [1.165, 1.54) is 0 Å². The molecule has 9 N–H and O–H groups in total. The van der Waals surface area contributed by atoms with Crippen LogP contribution >= 0.6 is 0 Å². The summed E-state index contributed by atoms with van der Waals surface area (Å²) in [6.45, 7) is -0.738. The molecular weight excluding hydrogens is 460 g/mol. The minimum absolute atomic E-state index is 0.214. The Morgan fingerprint density at radius 3 is 2.24 bits per heavy atom. The highest BCUT2D eigenvalue weighted by Gasteiger charge is 2.45. The second-order valence-electron chi connectivity index (χ2n) is 7.60. The van der Waals surface area contributed by atoms with Gasteiger partial charge in [-0.1, -0.05) is 0 Å². The van der Waals surface area contributed by atoms with Crippen molar-refractivity contribution in [2.45, 2.75) is 30.7 Å². The number of rotatable bonds is 4. The highest BCUT2D eigenvalue weighted by molar-refractivity contribution is 5.88. The van der Waals surface area contributed by atoms with E-state index in [2.05, 4.69) is 0 Å². The van der Waals surface area contributed by atoms with Crippen LogP contribution in [0.2, 0.25) is 0 Å². The molecule has 5 atom stereocenters. The zero-order chi connectivity index (χ0) is 24.9. The summed E-state index contributed by atoms with van der Waals surface area (Å²) in [5, 5.41) is 89.1. The van der Waals surface area contributed by atoms with Crippen LogP contribution in [0.15, 0.2) is 33.5 Å². The van der Waals surface area contributed by atoms with Crippen molar-refractivity contribution in [1.82, 2.24) is 0 Å². The Hall–Kier alpha value is -3.75. The van der Waals surface area contributed by atoms with E-state index in [0.717, 1.165) is 24.3 Å². The lowest BCUT2D eigenvalue weighted by atomic mass is 9.99. The zero-order valence-electron chi connectivity index (χ0n) is 17.1. The van der Waals surface area contributed by atoms with Crippen molar-refractivity contribution in [2.75, 3.05) is 6.61 Å².